The number of rotatable bonds is 11. The number of hydrogen-bond acceptors (Lipinski definition) is 7. The number of carbonyl (C=O) groups excluding carboxylic acids is 2. The van der Waals surface area contributed by atoms with Crippen LogP contribution < -0.4 is 14.4 Å². The Hall–Kier alpha value is -3.74. The Morgan fingerprint density at radius 2 is 1.86 bits per heavy atom. The number of aromatic nitrogens is 1. The van der Waals surface area contributed by atoms with Gasteiger partial charge in [-0.15, -0.1) is 17.8 Å². The minimum atomic E-state index is -0.800. The number of amides is 1. The smallest absolute Gasteiger partial charge is 0.278 e. The van der Waals surface area contributed by atoms with Gasteiger partial charge in [-0.25, -0.2) is 9.37 Å². The number of nitrogens with zero attached hydrogens (tertiary/aromatic N) is 3. The highest BCUT2D eigenvalue weighted by Gasteiger charge is 2.29. The second-order valence-corrected chi connectivity index (χ2v) is 8.64. The van der Waals surface area contributed by atoms with Gasteiger partial charge in [0.25, 0.3) is 5.91 Å². The van der Waals surface area contributed by atoms with Crippen molar-refractivity contribution in [2.75, 3.05) is 32.7 Å². The van der Waals surface area contributed by atoms with Gasteiger partial charge in [-0.05, 0) is 37.1 Å². The summed E-state index contributed by atoms with van der Waals surface area (Å²) in [5, 5.41) is 1.95. The highest BCUT2D eigenvalue weighted by atomic mass is 32.1. The first-order valence-electron chi connectivity index (χ1n) is 10.8. The molecule has 0 radical (unpaired) electrons. The van der Waals surface area contributed by atoms with Crippen LogP contribution in [0.25, 0.3) is 0 Å². The lowest BCUT2D eigenvalue weighted by molar-refractivity contribution is -0.109. The Kier molecular flexibility index (Phi) is 8.95. The number of anilines is 1. The van der Waals surface area contributed by atoms with Gasteiger partial charge in [-0.1, -0.05) is 12.1 Å². The monoisotopic (exact) mass is 495 g/mol. The maximum atomic E-state index is 13.6. The summed E-state index contributed by atoms with van der Waals surface area (Å²) in [6, 6.07) is 10.4. The molecule has 0 saturated heterocycles. The summed E-state index contributed by atoms with van der Waals surface area (Å²) in [4.78, 5) is 33.4. The van der Waals surface area contributed by atoms with E-state index in [0.717, 1.165) is 11.8 Å². The average Bonchev–Trinajstić information content (AvgIpc) is 3.36. The minimum absolute atomic E-state index is 0.149. The van der Waals surface area contributed by atoms with Crippen LogP contribution in [-0.2, 0) is 11.3 Å². The third-order valence-corrected chi connectivity index (χ3v) is 6.11. The van der Waals surface area contributed by atoms with Gasteiger partial charge >= 0.3 is 0 Å². The number of carbonyl (C=O) groups is 2. The molecule has 0 fully saturated rings. The van der Waals surface area contributed by atoms with Crippen LogP contribution >= 0.6 is 11.3 Å². The Balaban J connectivity index is 1.88. The maximum Gasteiger partial charge on any atom is 0.278 e. The molecular weight excluding hydrogens is 469 g/mol. The summed E-state index contributed by atoms with van der Waals surface area (Å²) in [6.45, 7) is 1.06. The first-order valence-corrected chi connectivity index (χ1v) is 11.6. The van der Waals surface area contributed by atoms with Gasteiger partial charge in [-0.3, -0.25) is 9.69 Å². The Bertz CT molecular complexity index is 1180. The van der Waals surface area contributed by atoms with Crippen molar-refractivity contribution >= 4 is 29.2 Å². The van der Waals surface area contributed by atoms with Gasteiger partial charge in [0.2, 0.25) is 0 Å². The highest BCUT2D eigenvalue weighted by Crippen LogP contribution is 2.31. The predicted octanol–water partition coefficient (Wildman–Crippen LogP) is 4.02. The SMILES string of the molecule is C#Cc1nc(C(=O)N(c2cc(OC)cc(OC)c2)C(C=O)CCN(C)Cc2ccc(F)cc2)cs1. The molecule has 9 heteroatoms. The molecule has 7 nitrogen and oxygen atoms in total. The fourth-order valence-electron chi connectivity index (χ4n) is 3.54. The van der Waals surface area contributed by atoms with Gasteiger partial charge in [0.05, 0.1) is 25.9 Å². The topological polar surface area (TPSA) is 72.0 Å². The molecule has 0 aliphatic rings. The van der Waals surface area contributed by atoms with Crippen molar-refractivity contribution in [1.29, 1.82) is 0 Å². The van der Waals surface area contributed by atoms with Crippen molar-refractivity contribution in [3.05, 3.63) is 69.9 Å². The van der Waals surface area contributed by atoms with Gasteiger partial charge in [-0.2, -0.15) is 0 Å². The summed E-state index contributed by atoms with van der Waals surface area (Å²) in [5.41, 5.74) is 1.52. The van der Waals surface area contributed by atoms with Crippen molar-refractivity contribution in [3.63, 3.8) is 0 Å². The lowest BCUT2D eigenvalue weighted by Gasteiger charge is -2.30. The first kappa shape index (κ1) is 25.9. The quantitative estimate of drug-likeness (QED) is 0.296. The van der Waals surface area contributed by atoms with Gasteiger partial charge in [0, 0.05) is 36.7 Å². The maximum absolute atomic E-state index is 13.6. The van der Waals surface area contributed by atoms with Gasteiger partial charge in [0.1, 0.15) is 29.3 Å². The number of hydrogen-bond donors (Lipinski definition) is 0. The minimum Gasteiger partial charge on any atom is -0.497 e. The molecule has 0 aliphatic carbocycles. The molecule has 0 saturated carbocycles. The van der Waals surface area contributed by atoms with Gasteiger partial charge < -0.3 is 19.2 Å². The molecule has 2 aromatic carbocycles. The molecule has 1 atom stereocenters. The third kappa shape index (κ3) is 6.66. The van der Waals surface area contributed by atoms with Crippen LogP contribution in [0.5, 0.6) is 11.5 Å². The van der Waals surface area contributed by atoms with E-state index in [1.165, 1.54) is 42.6 Å². The molecule has 1 amide bonds. The molecule has 1 heterocycles. The van der Waals surface area contributed by atoms with E-state index >= 15 is 0 Å². The van der Waals surface area contributed by atoms with Gasteiger partial charge in [0.15, 0.2) is 5.01 Å². The highest BCUT2D eigenvalue weighted by molar-refractivity contribution is 7.10. The van der Waals surface area contributed by atoms with Crippen LogP contribution in [0.3, 0.4) is 0 Å². The van der Waals surface area contributed by atoms with Crippen LogP contribution in [0, 0.1) is 18.2 Å². The molecule has 35 heavy (non-hydrogen) atoms. The number of halogens is 1. The second-order valence-electron chi connectivity index (χ2n) is 7.78. The van der Waals surface area contributed by atoms with Crippen LogP contribution in [0.1, 0.15) is 27.5 Å². The lowest BCUT2D eigenvalue weighted by Crippen LogP contribution is -2.43. The zero-order valence-corrected chi connectivity index (χ0v) is 20.5. The van der Waals surface area contributed by atoms with Crippen molar-refractivity contribution in [3.8, 4) is 23.8 Å². The van der Waals surface area contributed by atoms with E-state index in [2.05, 4.69) is 10.9 Å². The van der Waals surface area contributed by atoms with Crippen molar-refractivity contribution in [2.45, 2.75) is 19.0 Å². The molecular formula is C26H26FN3O4S. The fraction of sp³-hybridized carbons (Fsp3) is 0.269. The molecule has 0 spiro atoms. The van der Waals surface area contributed by atoms with Crippen molar-refractivity contribution in [2.24, 2.45) is 0 Å². The standard InChI is InChI=1S/C26H26FN3O4S/c1-5-25-28-24(17-35-25)26(32)30(21-12-22(33-3)14-23(13-21)34-4)20(16-31)10-11-29(2)15-18-6-8-19(27)9-7-18/h1,6-9,12-14,16-17,20H,10-11,15H2,2-4H3. The molecule has 0 N–H and O–H groups in total. The zero-order chi connectivity index (χ0) is 25.4. The summed E-state index contributed by atoms with van der Waals surface area (Å²) in [6.07, 6.45) is 6.51. The number of aldehydes is 1. The fourth-order valence-corrected chi connectivity index (χ4v) is 4.14. The van der Waals surface area contributed by atoms with E-state index in [0.29, 0.717) is 41.7 Å². The number of terminal acetylenes is 1. The molecule has 0 aliphatic heterocycles. The summed E-state index contributed by atoms with van der Waals surface area (Å²) in [7, 11) is 4.91. The zero-order valence-electron chi connectivity index (χ0n) is 19.7. The molecule has 1 unspecified atom stereocenters. The largest absolute Gasteiger partial charge is 0.497 e. The summed E-state index contributed by atoms with van der Waals surface area (Å²) < 4.78 is 23.9. The molecule has 3 rings (SSSR count). The summed E-state index contributed by atoms with van der Waals surface area (Å²) >= 11 is 1.18. The molecule has 3 aromatic rings. The van der Waals surface area contributed by atoms with E-state index in [-0.39, 0.29) is 11.5 Å². The number of thiazole rings is 1. The number of methoxy groups -OCH3 is 2. The molecule has 1 aromatic heterocycles. The van der Waals surface area contributed by atoms with E-state index in [9.17, 15) is 14.0 Å². The molecule has 0 bridgehead atoms. The van der Waals surface area contributed by atoms with E-state index in [1.54, 1.807) is 35.7 Å². The van der Waals surface area contributed by atoms with Crippen LogP contribution in [-0.4, -0.2) is 55.9 Å². The van der Waals surface area contributed by atoms with Crippen LogP contribution in [0.2, 0.25) is 0 Å². The van der Waals surface area contributed by atoms with E-state index in [4.69, 9.17) is 15.9 Å². The second kappa shape index (κ2) is 12.1. The number of ether oxygens (including phenoxy) is 2. The van der Waals surface area contributed by atoms with Crippen LogP contribution in [0.15, 0.2) is 47.8 Å². The van der Waals surface area contributed by atoms with E-state index in [1.807, 2.05) is 11.9 Å². The average molecular weight is 496 g/mol. The van der Waals surface area contributed by atoms with Crippen molar-refractivity contribution < 1.29 is 23.5 Å². The molecule has 182 valence electrons. The van der Waals surface area contributed by atoms with E-state index < -0.39 is 11.9 Å². The first-order chi connectivity index (χ1) is 16.9. The summed E-state index contributed by atoms with van der Waals surface area (Å²) in [5.74, 6) is 2.61. The predicted molar refractivity (Wildman–Crippen MR) is 134 cm³/mol. The van der Waals surface area contributed by atoms with Crippen LogP contribution in [0.4, 0.5) is 10.1 Å². The lowest BCUT2D eigenvalue weighted by atomic mass is 10.1. The Morgan fingerprint density at radius 3 is 2.40 bits per heavy atom. The van der Waals surface area contributed by atoms with Crippen molar-refractivity contribution in [1.82, 2.24) is 9.88 Å². The third-order valence-electron chi connectivity index (χ3n) is 5.34. The Labute approximate surface area is 208 Å². The normalized spacial score (nSPS) is 11.5. The number of benzene rings is 2. The Morgan fingerprint density at radius 1 is 1.20 bits per heavy atom.